The smallest absolute Gasteiger partial charge is 0.0659 e. The molecule has 2 atom stereocenters. The minimum atomic E-state index is 0.352. The molecule has 0 spiro atoms. The Labute approximate surface area is 131 Å². The molecule has 112 valence electrons. The molecule has 2 bridgehead atoms. The lowest BCUT2D eigenvalue weighted by Gasteiger charge is -2.44. The van der Waals surface area contributed by atoms with Crippen LogP contribution in [0.25, 0.3) is 5.57 Å². The van der Waals surface area contributed by atoms with Gasteiger partial charge in [-0.1, -0.05) is 42.5 Å². The van der Waals surface area contributed by atoms with Gasteiger partial charge in [0.1, 0.15) is 0 Å². The molecule has 2 aromatic rings. The average Bonchev–Trinajstić information content (AvgIpc) is 2.56. The number of hydrogen-bond donors (Lipinski definition) is 0. The quantitative estimate of drug-likeness (QED) is 0.869. The molecule has 1 aromatic heterocycles. The highest BCUT2D eigenvalue weighted by atomic mass is 16.5. The maximum absolute atomic E-state index is 5.78. The van der Waals surface area contributed by atoms with E-state index in [-0.39, 0.29) is 0 Å². The molecule has 0 radical (unpaired) electrons. The Morgan fingerprint density at radius 1 is 1.05 bits per heavy atom. The van der Waals surface area contributed by atoms with Gasteiger partial charge < -0.3 is 4.74 Å². The van der Waals surface area contributed by atoms with Gasteiger partial charge in [0.25, 0.3) is 0 Å². The van der Waals surface area contributed by atoms with E-state index in [1.807, 2.05) is 12.3 Å². The number of nitrogens with zero attached hydrogens (tertiary/aromatic N) is 2. The minimum absolute atomic E-state index is 0.352. The van der Waals surface area contributed by atoms with Gasteiger partial charge in [0.05, 0.1) is 24.9 Å². The van der Waals surface area contributed by atoms with Crippen LogP contribution < -0.4 is 0 Å². The summed E-state index contributed by atoms with van der Waals surface area (Å²) in [5.74, 6) is 0. The van der Waals surface area contributed by atoms with Gasteiger partial charge in [-0.3, -0.25) is 9.88 Å². The summed E-state index contributed by atoms with van der Waals surface area (Å²) in [6.07, 6.45) is 5.24. The predicted octanol–water partition coefficient (Wildman–Crippen LogP) is 3.14. The van der Waals surface area contributed by atoms with Gasteiger partial charge in [0.15, 0.2) is 0 Å². The third-order valence-electron chi connectivity index (χ3n) is 4.54. The van der Waals surface area contributed by atoms with Crippen LogP contribution in [0.5, 0.6) is 0 Å². The Hall–Kier alpha value is -1.97. The van der Waals surface area contributed by atoms with Crippen molar-refractivity contribution in [1.82, 2.24) is 9.88 Å². The SMILES string of the molecule is C1=C(c2ccccn2)CC2COCC1N2Cc1ccccc1. The van der Waals surface area contributed by atoms with E-state index in [9.17, 15) is 0 Å². The molecule has 0 N–H and O–H groups in total. The van der Waals surface area contributed by atoms with Crippen molar-refractivity contribution in [2.45, 2.75) is 25.0 Å². The zero-order valence-corrected chi connectivity index (χ0v) is 12.6. The zero-order chi connectivity index (χ0) is 14.8. The summed E-state index contributed by atoms with van der Waals surface area (Å²) in [5.41, 5.74) is 3.84. The van der Waals surface area contributed by atoms with E-state index in [0.717, 1.165) is 31.9 Å². The summed E-state index contributed by atoms with van der Waals surface area (Å²) in [6, 6.07) is 17.6. The van der Waals surface area contributed by atoms with Crippen LogP contribution in [-0.4, -0.2) is 35.2 Å². The predicted molar refractivity (Wildman–Crippen MR) is 87.2 cm³/mol. The largest absolute Gasteiger partial charge is 0.378 e. The molecule has 2 aliphatic rings. The average molecular weight is 292 g/mol. The van der Waals surface area contributed by atoms with Crippen LogP contribution >= 0.6 is 0 Å². The van der Waals surface area contributed by atoms with Crippen LogP contribution in [0.2, 0.25) is 0 Å². The zero-order valence-electron chi connectivity index (χ0n) is 12.6. The lowest BCUT2D eigenvalue weighted by molar-refractivity contribution is -0.0403. The van der Waals surface area contributed by atoms with Gasteiger partial charge in [0, 0.05) is 18.8 Å². The van der Waals surface area contributed by atoms with E-state index in [1.165, 1.54) is 11.1 Å². The van der Waals surface area contributed by atoms with E-state index < -0.39 is 0 Å². The Balaban J connectivity index is 1.60. The van der Waals surface area contributed by atoms with Crippen LogP contribution in [0, 0.1) is 0 Å². The third kappa shape index (κ3) is 2.70. The second-order valence-corrected chi connectivity index (χ2v) is 6.03. The summed E-state index contributed by atoms with van der Waals surface area (Å²) in [5, 5.41) is 0. The molecule has 0 saturated carbocycles. The summed E-state index contributed by atoms with van der Waals surface area (Å²) in [7, 11) is 0. The summed E-state index contributed by atoms with van der Waals surface area (Å²) in [4.78, 5) is 7.09. The van der Waals surface area contributed by atoms with Gasteiger partial charge in [-0.05, 0) is 29.7 Å². The molecule has 1 aromatic carbocycles. The van der Waals surface area contributed by atoms with Crippen LogP contribution in [0.3, 0.4) is 0 Å². The highest BCUT2D eigenvalue weighted by molar-refractivity contribution is 5.65. The Morgan fingerprint density at radius 3 is 2.68 bits per heavy atom. The highest BCUT2D eigenvalue weighted by Crippen LogP contribution is 2.32. The maximum Gasteiger partial charge on any atom is 0.0659 e. The van der Waals surface area contributed by atoms with Crippen molar-refractivity contribution in [2.24, 2.45) is 0 Å². The van der Waals surface area contributed by atoms with E-state index in [1.54, 1.807) is 0 Å². The molecule has 22 heavy (non-hydrogen) atoms. The Kier molecular flexibility index (Phi) is 3.75. The lowest BCUT2D eigenvalue weighted by atomic mass is 9.91. The van der Waals surface area contributed by atoms with Gasteiger partial charge in [-0.15, -0.1) is 0 Å². The number of fused-ring (bicyclic) bond motifs is 2. The number of pyridine rings is 1. The van der Waals surface area contributed by atoms with Crippen LogP contribution in [0.1, 0.15) is 17.7 Å². The maximum atomic E-state index is 5.78. The summed E-state index contributed by atoms with van der Waals surface area (Å²) in [6.45, 7) is 2.58. The van der Waals surface area contributed by atoms with Crippen molar-refractivity contribution in [1.29, 1.82) is 0 Å². The molecule has 3 heterocycles. The first-order valence-corrected chi connectivity index (χ1v) is 7.90. The first kappa shape index (κ1) is 13.7. The number of aromatic nitrogens is 1. The van der Waals surface area contributed by atoms with E-state index in [0.29, 0.717) is 12.1 Å². The van der Waals surface area contributed by atoms with Crippen LogP contribution in [-0.2, 0) is 11.3 Å². The monoisotopic (exact) mass is 292 g/mol. The number of morpholine rings is 1. The van der Waals surface area contributed by atoms with Crippen molar-refractivity contribution >= 4 is 5.57 Å². The molecule has 3 nitrogen and oxygen atoms in total. The fraction of sp³-hybridized carbons (Fsp3) is 0.316. The molecule has 2 aliphatic heterocycles. The normalized spacial score (nSPS) is 24.8. The fourth-order valence-electron chi connectivity index (χ4n) is 3.44. The second-order valence-electron chi connectivity index (χ2n) is 6.03. The number of hydrogen-bond acceptors (Lipinski definition) is 3. The molecule has 3 heteroatoms. The van der Waals surface area contributed by atoms with E-state index in [4.69, 9.17) is 4.74 Å². The third-order valence-corrected chi connectivity index (χ3v) is 4.54. The molecule has 0 amide bonds. The first-order chi connectivity index (χ1) is 10.9. The molecule has 0 aliphatic carbocycles. The van der Waals surface area contributed by atoms with Crippen molar-refractivity contribution in [2.75, 3.05) is 13.2 Å². The minimum Gasteiger partial charge on any atom is -0.378 e. The number of rotatable bonds is 3. The molecule has 4 rings (SSSR count). The molecule has 1 fully saturated rings. The molecular formula is C19H20N2O. The highest BCUT2D eigenvalue weighted by Gasteiger charge is 2.35. The van der Waals surface area contributed by atoms with Gasteiger partial charge in [-0.25, -0.2) is 0 Å². The van der Waals surface area contributed by atoms with Crippen molar-refractivity contribution in [3.63, 3.8) is 0 Å². The Morgan fingerprint density at radius 2 is 1.91 bits per heavy atom. The van der Waals surface area contributed by atoms with Gasteiger partial charge in [0.2, 0.25) is 0 Å². The second kappa shape index (κ2) is 6.03. The summed E-state index contributed by atoms with van der Waals surface area (Å²) >= 11 is 0. The number of benzene rings is 1. The Bertz CT molecular complexity index is 654. The lowest BCUT2D eigenvalue weighted by Crippen LogP contribution is -2.53. The standard InChI is InChI=1S/C19H20N2O/c1-2-6-15(7-3-1)12-21-17-10-16(11-18(21)14-22-13-17)19-8-4-5-9-20-19/h1-10,17-18H,11-14H2. The van der Waals surface area contributed by atoms with Crippen LogP contribution in [0.15, 0.2) is 60.8 Å². The van der Waals surface area contributed by atoms with Crippen molar-refractivity contribution < 1.29 is 4.74 Å². The van der Waals surface area contributed by atoms with E-state index in [2.05, 4.69) is 58.4 Å². The first-order valence-electron chi connectivity index (χ1n) is 7.90. The van der Waals surface area contributed by atoms with Gasteiger partial charge >= 0.3 is 0 Å². The fourth-order valence-corrected chi connectivity index (χ4v) is 3.44. The topological polar surface area (TPSA) is 25.4 Å². The van der Waals surface area contributed by atoms with E-state index >= 15 is 0 Å². The molecule has 2 unspecified atom stereocenters. The summed E-state index contributed by atoms with van der Waals surface area (Å²) < 4.78 is 5.78. The van der Waals surface area contributed by atoms with Gasteiger partial charge in [-0.2, -0.15) is 0 Å². The molecule has 1 saturated heterocycles. The van der Waals surface area contributed by atoms with Crippen LogP contribution in [0.4, 0.5) is 0 Å². The van der Waals surface area contributed by atoms with Crippen molar-refractivity contribution in [3.05, 3.63) is 72.1 Å². The van der Waals surface area contributed by atoms with Crippen molar-refractivity contribution in [3.8, 4) is 0 Å². The molecular weight excluding hydrogens is 272 g/mol. The number of ether oxygens (including phenoxy) is 1.